The van der Waals surface area contributed by atoms with Crippen molar-refractivity contribution in [3.05, 3.63) is 66.1 Å². The summed E-state index contributed by atoms with van der Waals surface area (Å²) >= 11 is 0. The van der Waals surface area contributed by atoms with Gasteiger partial charge in [0.15, 0.2) is 5.69 Å². The van der Waals surface area contributed by atoms with Gasteiger partial charge < -0.3 is 34.7 Å². The minimum absolute atomic E-state index is 0.0172. The van der Waals surface area contributed by atoms with Gasteiger partial charge in [0.05, 0.1) is 31.8 Å². The van der Waals surface area contributed by atoms with Crippen LogP contribution in [0.2, 0.25) is 0 Å². The fourth-order valence-electron chi connectivity index (χ4n) is 6.37. The van der Waals surface area contributed by atoms with Crippen LogP contribution in [-0.4, -0.2) is 84.1 Å². The molecular weight excluding hydrogens is 518 g/mol. The minimum atomic E-state index is -1.01. The molecule has 9 nitrogen and oxygen atoms in total. The molecule has 3 aromatic rings. The number of carbonyl (C=O) groups excluding carboxylic acids is 1. The third-order valence-electron chi connectivity index (χ3n) is 8.58. The van der Waals surface area contributed by atoms with E-state index < -0.39 is 5.60 Å². The van der Waals surface area contributed by atoms with Crippen LogP contribution in [0.4, 0.5) is 5.69 Å². The number of anilines is 1. The van der Waals surface area contributed by atoms with E-state index in [0.29, 0.717) is 18.7 Å². The number of hydrogen-bond donors (Lipinski definition) is 3. The van der Waals surface area contributed by atoms with E-state index in [9.17, 15) is 9.90 Å². The molecule has 41 heavy (non-hydrogen) atoms. The molecule has 5 rings (SSSR count). The Labute approximate surface area is 242 Å². The van der Waals surface area contributed by atoms with Crippen LogP contribution in [0.25, 0.3) is 11.3 Å². The minimum Gasteiger partial charge on any atom is -0.497 e. The second kappa shape index (κ2) is 13.1. The summed E-state index contributed by atoms with van der Waals surface area (Å²) in [5.41, 5.74) is 3.28. The van der Waals surface area contributed by atoms with Gasteiger partial charge in [-0.1, -0.05) is 49.2 Å². The second-order valence-electron chi connectivity index (χ2n) is 11.3. The quantitative estimate of drug-likeness (QED) is 0.340. The van der Waals surface area contributed by atoms with Crippen molar-refractivity contribution < 1.29 is 19.4 Å². The number of nitrogens with one attached hydrogen (secondary N) is 2. The SMILES string of the molecule is COC[C@]1(O)CCCC[C@H]1n1cnc(C(=O)N2CCNC[C@H]2CCNc2cc(OC)ccc2C)c1-c1ccccc1. The zero-order chi connectivity index (χ0) is 28.8. The first-order chi connectivity index (χ1) is 19.9. The molecule has 2 heterocycles. The Bertz CT molecular complexity index is 1310. The Balaban J connectivity index is 1.41. The van der Waals surface area contributed by atoms with E-state index >= 15 is 0 Å². The van der Waals surface area contributed by atoms with Crippen LogP contribution >= 0.6 is 0 Å². The first-order valence-corrected chi connectivity index (χ1v) is 14.7. The highest BCUT2D eigenvalue weighted by molar-refractivity contribution is 5.98. The maximum absolute atomic E-state index is 14.3. The van der Waals surface area contributed by atoms with Gasteiger partial charge in [-0.25, -0.2) is 4.98 Å². The van der Waals surface area contributed by atoms with Gasteiger partial charge >= 0.3 is 0 Å². The Morgan fingerprint density at radius 3 is 2.80 bits per heavy atom. The molecule has 2 aromatic carbocycles. The smallest absolute Gasteiger partial charge is 0.275 e. The number of hydrogen-bond acceptors (Lipinski definition) is 7. The summed E-state index contributed by atoms with van der Waals surface area (Å²) in [6.07, 6.45) is 5.94. The lowest BCUT2D eigenvalue weighted by Crippen LogP contribution is -2.54. The van der Waals surface area contributed by atoms with Gasteiger partial charge in [0.2, 0.25) is 0 Å². The summed E-state index contributed by atoms with van der Waals surface area (Å²) in [6, 6.07) is 15.7. The Morgan fingerprint density at radius 2 is 2.02 bits per heavy atom. The highest BCUT2D eigenvalue weighted by Gasteiger charge is 2.42. The molecule has 2 fully saturated rings. The summed E-state index contributed by atoms with van der Waals surface area (Å²) in [6.45, 7) is 5.11. The van der Waals surface area contributed by atoms with Crippen LogP contribution in [-0.2, 0) is 4.74 Å². The molecule has 2 aliphatic rings. The fraction of sp³-hybridized carbons (Fsp3) is 0.500. The number of aliphatic hydroxyl groups is 1. The van der Waals surface area contributed by atoms with Gasteiger partial charge in [0.25, 0.3) is 5.91 Å². The van der Waals surface area contributed by atoms with Crippen molar-refractivity contribution in [2.75, 3.05) is 52.3 Å². The zero-order valence-electron chi connectivity index (χ0n) is 24.4. The number of benzene rings is 2. The molecule has 1 saturated heterocycles. The number of carbonyl (C=O) groups is 1. The normalized spacial score (nSPS) is 22.9. The maximum atomic E-state index is 14.3. The van der Waals surface area contributed by atoms with Crippen LogP contribution in [0.5, 0.6) is 5.75 Å². The Hall–Kier alpha value is -3.40. The van der Waals surface area contributed by atoms with E-state index in [-0.39, 0.29) is 24.6 Å². The van der Waals surface area contributed by atoms with Crippen LogP contribution in [0, 0.1) is 6.92 Å². The summed E-state index contributed by atoms with van der Waals surface area (Å²) in [5, 5.41) is 18.6. The number of aromatic nitrogens is 2. The molecular formula is C32H43N5O4. The van der Waals surface area contributed by atoms with Gasteiger partial charge in [-0.2, -0.15) is 0 Å². The van der Waals surface area contributed by atoms with Crippen molar-refractivity contribution in [1.82, 2.24) is 19.8 Å². The molecule has 0 bridgehead atoms. The number of rotatable bonds is 10. The Kier molecular flexibility index (Phi) is 9.27. The predicted octanol–water partition coefficient (Wildman–Crippen LogP) is 4.28. The lowest BCUT2D eigenvalue weighted by atomic mass is 9.80. The van der Waals surface area contributed by atoms with Crippen molar-refractivity contribution in [1.29, 1.82) is 0 Å². The summed E-state index contributed by atoms with van der Waals surface area (Å²) in [7, 11) is 3.29. The van der Waals surface area contributed by atoms with E-state index in [0.717, 1.165) is 73.6 Å². The van der Waals surface area contributed by atoms with Crippen molar-refractivity contribution in [3.63, 3.8) is 0 Å². The third-order valence-corrected chi connectivity index (χ3v) is 8.58. The number of aryl methyl sites for hydroxylation is 1. The standard InChI is InChI=1S/C32H43N5O4/c1-23-12-13-26(41-3)19-27(23)34-16-14-25-20-33-17-18-36(25)31(38)29-30(24-9-5-4-6-10-24)37(22-35-29)28-11-7-8-15-32(28,39)21-40-2/h4-6,9-10,12-13,19,22,25,28,33-34,39H,7-8,11,14-18,20-21H2,1-3H3/t25-,28-,32-/m1/s1. The van der Waals surface area contributed by atoms with E-state index in [1.165, 1.54) is 0 Å². The van der Waals surface area contributed by atoms with E-state index in [1.807, 2.05) is 58.0 Å². The topological polar surface area (TPSA) is 101 Å². The average Bonchev–Trinajstić information content (AvgIpc) is 3.43. The van der Waals surface area contributed by atoms with Gasteiger partial charge in [0, 0.05) is 56.6 Å². The number of ether oxygens (including phenoxy) is 2. The van der Waals surface area contributed by atoms with Gasteiger partial charge in [-0.05, 0) is 37.8 Å². The molecule has 1 aliphatic heterocycles. The van der Waals surface area contributed by atoms with Gasteiger partial charge in [-0.3, -0.25) is 4.79 Å². The Morgan fingerprint density at radius 1 is 1.20 bits per heavy atom. The maximum Gasteiger partial charge on any atom is 0.275 e. The molecule has 3 N–H and O–H groups in total. The fourth-order valence-corrected chi connectivity index (χ4v) is 6.37. The molecule has 1 aromatic heterocycles. The van der Waals surface area contributed by atoms with Gasteiger partial charge in [0.1, 0.15) is 11.4 Å². The third kappa shape index (κ3) is 6.27. The van der Waals surface area contributed by atoms with Crippen molar-refractivity contribution in [3.8, 4) is 17.0 Å². The zero-order valence-corrected chi connectivity index (χ0v) is 24.4. The van der Waals surface area contributed by atoms with E-state index in [4.69, 9.17) is 14.5 Å². The number of imidazole rings is 1. The van der Waals surface area contributed by atoms with Crippen molar-refractivity contribution >= 4 is 11.6 Å². The number of methoxy groups -OCH3 is 2. The molecule has 0 radical (unpaired) electrons. The number of piperazine rings is 1. The molecule has 9 heteroatoms. The number of amides is 1. The molecule has 1 saturated carbocycles. The second-order valence-corrected chi connectivity index (χ2v) is 11.3. The molecule has 1 amide bonds. The van der Waals surface area contributed by atoms with Crippen LogP contribution in [0.1, 0.15) is 54.2 Å². The van der Waals surface area contributed by atoms with Gasteiger partial charge in [-0.15, -0.1) is 0 Å². The van der Waals surface area contributed by atoms with E-state index in [2.05, 4.69) is 17.6 Å². The lowest BCUT2D eigenvalue weighted by Gasteiger charge is -2.41. The van der Waals surface area contributed by atoms with Crippen molar-refractivity contribution in [2.45, 2.75) is 56.7 Å². The summed E-state index contributed by atoms with van der Waals surface area (Å²) < 4.78 is 12.9. The molecule has 3 atom stereocenters. The predicted molar refractivity (Wildman–Crippen MR) is 161 cm³/mol. The van der Waals surface area contributed by atoms with E-state index in [1.54, 1.807) is 20.5 Å². The van der Waals surface area contributed by atoms with Crippen LogP contribution in [0.15, 0.2) is 54.9 Å². The highest BCUT2D eigenvalue weighted by Crippen LogP contribution is 2.41. The monoisotopic (exact) mass is 561 g/mol. The molecule has 0 spiro atoms. The van der Waals surface area contributed by atoms with Crippen LogP contribution < -0.4 is 15.4 Å². The lowest BCUT2D eigenvalue weighted by molar-refractivity contribution is -0.0893. The molecule has 1 aliphatic carbocycles. The summed E-state index contributed by atoms with van der Waals surface area (Å²) in [5.74, 6) is 0.742. The highest BCUT2D eigenvalue weighted by atomic mass is 16.5. The first kappa shape index (κ1) is 29.1. The molecule has 220 valence electrons. The number of nitrogens with zero attached hydrogens (tertiary/aromatic N) is 3. The molecule has 0 unspecified atom stereocenters. The van der Waals surface area contributed by atoms with Crippen LogP contribution in [0.3, 0.4) is 0 Å². The first-order valence-electron chi connectivity index (χ1n) is 14.7. The largest absolute Gasteiger partial charge is 0.497 e. The summed E-state index contributed by atoms with van der Waals surface area (Å²) in [4.78, 5) is 21.0. The van der Waals surface area contributed by atoms with Crippen molar-refractivity contribution in [2.24, 2.45) is 0 Å². The average molecular weight is 562 g/mol.